The molecule has 0 fully saturated rings. The first kappa shape index (κ1) is 17.1. The largest absolute Gasteiger partial charge is 0.344 e. The van der Waals surface area contributed by atoms with Gasteiger partial charge in [0.05, 0.1) is 6.04 Å². The molecule has 1 amide bonds. The molecule has 126 valence electrons. The monoisotopic (exact) mass is 340 g/mol. The molecule has 0 spiro atoms. The van der Waals surface area contributed by atoms with Gasteiger partial charge < -0.3 is 4.90 Å². The van der Waals surface area contributed by atoms with Crippen molar-refractivity contribution in [1.82, 2.24) is 9.80 Å². The molecule has 0 aliphatic carbocycles. The highest BCUT2D eigenvalue weighted by atomic mass is 32.2. The molecule has 3 rings (SSSR count). The van der Waals surface area contributed by atoms with Crippen LogP contribution in [0.3, 0.4) is 0 Å². The molecular formula is C20H24N2OS. The van der Waals surface area contributed by atoms with E-state index in [1.807, 2.05) is 37.2 Å². The van der Waals surface area contributed by atoms with Crippen LogP contribution >= 0.6 is 11.8 Å². The Morgan fingerprint density at radius 3 is 2.54 bits per heavy atom. The van der Waals surface area contributed by atoms with Crippen molar-refractivity contribution in [3.05, 3.63) is 65.7 Å². The molecule has 2 aromatic carbocycles. The number of rotatable bonds is 5. The predicted molar refractivity (Wildman–Crippen MR) is 100 cm³/mol. The third-order valence-corrected chi connectivity index (χ3v) is 5.58. The van der Waals surface area contributed by atoms with Crippen molar-refractivity contribution in [3.8, 4) is 0 Å². The minimum atomic E-state index is -0.0494. The van der Waals surface area contributed by atoms with Crippen molar-refractivity contribution in [2.75, 3.05) is 26.4 Å². The number of carbonyl (C=O) groups is 1. The van der Waals surface area contributed by atoms with E-state index in [4.69, 9.17) is 0 Å². The number of likely N-dealkylation sites (N-methyl/N-ethyl adjacent to an activating group) is 2. The SMILES string of the molecule is CN(CCSc1ccccc1)C(=O)[C@@H]1Cc2ccccc2CN1C. The average molecular weight is 340 g/mol. The molecule has 0 radical (unpaired) electrons. The minimum absolute atomic E-state index is 0.0494. The summed E-state index contributed by atoms with van der Waals surface area (Å²) in [5, 5.41) is 0. The lowest BCUT2D eigenvalue weighted by Gasteiger charge is -2.35. The zero-order valence-electron chi connectivity index (χ0n) is 14.3. The van der Waals surface area contributed by atoms with Crippen LogP contribution in [0.5, 0.6) is 0 Å². The van der Waals surface area contributed by atoms with Crippen LogP contribution in [0.25, 0.3) is 0 Å². The number of thioether (sulfide) groups is 1. The zero-order valence-corrected chi connectivity index (χ0v) is 15.1. The standard InChI is InChI=1S/C20H24N2OS/c1-21(12-13-24-18-10-4-3-5-11-18)20(23)19-14-16-8-6-7-9-17(16)15-22(19)2/h3-11,19H,12-15H2,1-2H3/t19-/m0/s1. The summed E-state index contributed by atoms with van der Waals surface area (Å²) in [4.78, 5) is 18.1. The van der Waals surface area contributed by atoms with Crippen molar-refractivity contribution in [2.45, 2.75) is 23.9 Å². The molecular weight excluding hydrogens is 316 g/mol. The van der Waals surface area contributed by atoms with E-state index in [0.29, 0.717) is 0 Å². The van der Waals surface area contributed by atoms with Crippen LogP contribution in [0.15, 0.2) is 59.5 Å². The quantitative estimate of drug-likeness (QED) is 0.780. The predicted octanol–water partition coefficient (Wildman–Crippen LogP) is 3.29. The fraction of sp³-hybridized carbons (Fsp3) is 0.350. The van der Waals surface area contributed by atoms with Crippen LogP contribution in [0.4, 0.5) is 0 Å². The molecule has 4 heteroatoms. The molecule has 1 aliphatic rings. The molecule has 1 heterocycles. The van der Waals surface area contributed by atoms with Gasteiger partial charge in [0.1, 0.15) is 0 Å². The first-order valence-corrected chi connectivity index (χ1v) is 9.33. The Bertz CT molecular complexity index is 689. The molecule has 0 unspecified atom stereocenters. The van der Waals surface area contributed by atoms with Gasteiger partial charge >= 0.3 is 0 Å². The van der Waals surface area contributed by atoms with Gasteiger partial charge in [-0.2, -0.15) is 0 Å². The van der Waals surface area contributed by atoms with Gasteiger partial charge in [-0.15, -0.1) is 11.8 Å². The Morgan fingerprint density at radius 2 is 1.79 bits per heavy atom. The van der Waals surface area contributed by atoms with Crippen LogP contribution in [0.1, 0.15) is 11.1 Å². The van der Waals surface area contributed by atoms with Crippen LogP contribution < -0.4 is 0 Å². The van der Waals surface area contributed by atoms with Gasteiger partial charge in [0, 0.05) is 30.8 Å². The summed E-state index contributed by atoms with van der Waals surface area (Å²) < 4.78 is 0. The molecule has 3 nitrogen and oxygen atoms in total. The fourth-order valence-corrected chi connectivity index (χ4v) is 4.06. The van der Waals surface area contributed by atoms with E-state index >= 15 is 0 Å². The van der Waals surface area contributed by atoms with E-state index < -0.39 is 0 Å². The summed E-state index contributed by atoms with van der Waals surface area (Å²) in [5.41, 5.74) is 2.65. The first-order valence-electron chi connectivity index (χ1n) is 8.35. The van der Waals surface area contributed by atoms with Gasteiger partial charge in [-0.1, -0.05) is 42.5 Å². The number of hydrogen-bond donors (Lipinski definition) is 0. The molecule has 0 N–H and O–H groups in total. The summed E-state index contributed by atoms with van der Waals surface area (Å²) in [5.74, 6) is 1.14. The molecule has 2 aromatic rings. The molecule has 0 aromatic heterocycles. The number of amides is 1. The van der Waals surface area contributed by atoms with Crippen LogP contribution in [-0.2, 0) is 17.8 Å². The van der Waals surface area contributed by atoms with Crippen molar-refractivity contribution >= 4 is 17.7 Å². The van der Waals surface area contributed by atoms with Crippen LogP contribution in [0.2, 0.25) is 0 Å². The third kappa shape index (κ3) is 4.00. The fourth-order valence-electron chi connectivity index (χ4n) is 3.11. The van der Waals surface area contributed by atoms with E-state index in [1.165, 1.54) is 16.0 Å². The summed E-state index contributed by atoms with van der Waals surface area (Å²) in [7, 11) is 3.97. The average Bonchev–Trinajstić information content (AvgIpc) is 2.61. The van der Waals surface area contributed by atoms with E-state index in [2.05, 4.69) is 41.3 Å². The van der Waals surface area contributed by atoms with Gasteiger partial charge in [0.15, 0.2) is 0 Å². The Morgan fingerprint density at radius 1 is 1.12 bits per heavy atom. The van der Waals surface area contributed by atoms with Crippen molar-refractivity contribution in [3.63, 3.8) is 0 Å². The van der Waals surface area contributed by atoms with E-state index in [1.54, 1.807) is 11.8 Å². The maximum absolute atomic E-state index is 12.8. The highest BCUT2D eigenvalue weighted by Gasteiger charge is 2.30. The topological polar surface area (TPSA) is 23.6 Å². The molecule has 0 bridgehead atoms. The lowest BCUT2D eigenvalue weighted by atomic mass is 9.94. The van der Waals surface area contributed by atoms with E-state index in [9.17, 15) is 4.79 Å². The number of carbonyl (C=O) groups excluding carboxylic acids is 1. The van der Waals surface area contributed by atoms with E-state index in [-0.39, 0.29) is 11.9 Å². The van der Waals surface area contributed by atoms with Crippen LogP contribution in [-0.4, -0.2) is 48.1 Å². The summed E-state index contributed by atoms with van der Waals surface area (Å²) in [6.07, 6.45) is 0.807. The second-order valence-electron chi connectivity index (χ2n) is 6.33. The van der Waals surface area contributed by atoms with Crippen molar-refractivity contribution < 1.29 is 4.79 Å². The zero-order chi connectivity index (χ0) is 16.9. The Balaban J connectivity index is 1.55. The molecule has 1 atom stereocenters. The molecule has 24 heavy (non-hydrogen) atoms. The van der Waals surface area contributed by atoms with Crippen molar-refractivity contribution in [1.29, 1.82) is 0 Å². The third-order valence-electron chi connectivity index (χ3n) is 4.58. The Kier molecular flexibility index (Phi) is 5.59. The van der Waals surface area contributed by atoms with Gasteiger partial charge in [-0.25, -0.2) is 0 Å². The van der Waals surface area contributed by atoms with Gasteiger partial charge in [-0.3, -0.25) is 9.69 Å². The highest BCUT2D eigenvalue weighted by molar-refractivity contribution is 7.99. The summed E-state index contributed by atoms with van der Waals surface area (Å²) >= 11 is 1.79. The van der Waals surface area contributed by atoms with Crippen LogP contribution in [0, 0.1) is 0 Å². The summed E-state index contributed by atoms with van der Waals surface area (Å²) in [6.45, 7) is 1.61. The molecule has 0 saturated heterocycles. The number of benzene rings is 2. The van der Waals surface area contributed by atoms with E-state index in [0.717, 1.165) is 25.3 Å². The lowest BCUT2D eigenvalue weighted by molar-refractivity contribution is -0.135. The van der Waals surface area contributed by atoms with Gasteiger partial charge in [0.2, 0.25) is 5.91 Å². The van der Waals surface area contributed by atoms with Gasteiger partial charge in [0.25, 0.3) is 0 Å². The Hall–Kier alpha value is -1.78. The smallest absolute Gasteiger partial charge is 0.240 e. The van der Waals surface area contributed by atoms with Crippen molar-refractivity contribution in [2.24, 2.45) is 0 Å². The molecule has 1 aliphatic heterocycles. The first-order chi connectivity index (χ1) is 11.6. The highest BCUT2D eigenvalue weighted by Crippen LogP contribution is 2.23. The number of fused-ring (bicyclic) bond motifs is 1. The minimum Gasteiger partial charge on any atom is -0.344 e. The number of nitrogens with zero attached hydrogens (tertiary/aromatic N) is 2. The second kappa shape index (κ2) is 7.86. The maximum atomic E-state index is 12.8. The van der Waals surface area contributed by atoms with Gasteiger partial charge in [-0.05, 0) is 36.7 Å². The summed E-state index contributed by atoms with van der Waals surface area (Å²) in [6, 6.07) is 18.7. The second-order valence-corrected chi connectivity index (χ2v) is 7.49. The number of hydrogen-bond acceptors (Lipinski definition) is 3. The maximum Gasteiger partial charge on any atom is 0.240 e. The normalized spacial score (nSPS) is 17.3. The lowest BCUT2D eigenvalue weighted by Crippen LogP contribution is -2.49. The molecule has 0 saturated carbocycles. The Labute approximate surface area is 148 Å².